The summed E-state index contributed by atoms with van der Waals surface area (Å²) in [7, 11) is 0. The summed E-state index contributed by atoms with van der Waals surface area (Å²) >= 11 is 4.82. The number of H-pyrrole nitrogens is 1. The van der Waals surface area contributed by atoms with Gasteiger partial charge in [0, 0.05) is 5.69 Å². The minimum Gasteiger partial charge on any atom is -0.283 e. The van der Waals surface area contributed by atoms with Crippen LogP contribution in [0.2, 0.25) is 0 Å². The van der Waals surface area contributed by atoms with Crippen molar-refractivity contribution in [3.63, 3.8) is 0 Å². The Hall–Kier alpha value is -0.700. The molecule has 0 atom stereocenters. The van der Waals surface area contributed by atoms with Gasteiger partial charge in [-0.2, -0.15) is 5.10 Å². The van der Waals surface area contributed by atoms with Crippen molar-refractivity contribution in [1.29, 1.82) is 0 Å². The molecule has 1 aromatic heterocycles. The minimum atomic E-state index is 0.779. The maximum atomic E-state index is 4.82. The van der Waals surface area contributed by atoms with E-state index in [1.54, 1.807) is 6.20 Å². The SMILES string of the molecule is CC.CC.Cc1cc(=S)cn[nH]1. The molecular weight excluding hydrogens is 168 g/mol. The second-order valence-electron chi connectivity index (χ2n) is 1.60. The molecule has 1 N–H and O–H groups in total. The predicted octanol–water partition coefficient (Wildman–Crippen LogP) is 3.50. The number of rotatable bonds is 0. The second kappa shape index (κ2) is 10.3. The van der Waals surface area contributed by atoms with E-state index >= 15 is 0 Å². The highest BCUT2D eigenvalue weighted by molar-refractivity contribution is 7.71. The molecule has 0 fully saturated rings. The van der Waals surface area contributed by atoms with E-state index in [9.17, 15) is 0 Å². The first-order valence-corrected chi connectivity index (χ1v) is 4.71. The molecule has 70 valence electrons. The summed E-state index contributed by atoms with van der Waals surface area (Å²) in [5.41, 5.74) is 0.998. The molecule has 0 amide bonds. The highest BCUT2D eigenvalue weighted by Gasteiger charge is 1.78. The standard InChI is InChI=1S/C5H6N2S.2C2H6/c1-4-2-5(8)3-6-7-4;2*1-2/h2-3H,1H3,(H,7,8);2*1-2H3. The molecule has 0 bridgehead atoms. The van der Waals surface area contributed by atoms with E-state index in [0.717, 1.165) is 10.2 Å². The van der Waals surface area contributed by atoms with Crippen LogP contribution in [-0.2, 0) is 0 Å². The first-order chi connectivity index (χ1) is 5.79. The first-order valence-electron chi connectivity index (χ1n) is 4.30. The van der Waals surface area contributed by atoms with E-state index in [-0.39, 0.29) is 0 Å². The molecule has 1 rings (SSSR count). The summed E-state index contributed by atoms with van der Waals surface area (Å²) in [5.74, 6) is 0. The highest BCUT2D eigenvalue weighted by Crippen LogP contribution is 1.88. The zero-order valence-corrected chi connectivity index (χ0v) is 9.33. The van der Waals surface area contributed by atoms with Crippen molar-refractivity contribution in [2.75, 3.05) is 0 Å². The fraction of sp³-hybridized carbons (Fsp3) is 0.556. The summed E-state index contributed by atoms with van der Waals surface area (Å²) in [5, 5.41) is 6.51. The summed E-state index contributed by atoms with van der Waals surface area (Å²) in [6.45, 7) is 9.92. The fourth-order valence-corrected chi connectivity index (χ4v) is 0.710. The lowest BCUT2D eigenvalue weighted by atomic mass is 10.4. The van der Waals surface area contributed by atoms with E-state index in [1.165, 1.54) is 0 Å². The Morgan fingerprint density at radius 1 is 1.25 bits per heavy atom. The Labute approximate surface area is 80.0 Å². The summed E-state index contributed by atoms with van der Waals surface area (Å²) in [6.07, 6.45) is 1.61. The molecule has 0 saturated carbocycles. The molecule has 2 nitrogen and oxygen atoms in total. The quantitative estimate of drug-likeness (QED) is 0.628. The monoisotopic (exact) mass is 186 g/mol. The zero-order valence-electron chi connectivity index (χ0n) is 8.51. The molecule has 1 heterocycles. The molecule has 3 heteroatoms. The highest BCUT2D eigenvalue weighted by atomic mass is 32.1. The maximum absolute atomic E-state index is 4.82. The number of nitrogens with zero attached hydrogens (tertiary/aromatic N) is 1. The van der Waals surface area contributed by atoms with Gasteiger partial charge in [0.2, 0.25) is 0 Å². The third-order valence-electron chi connectivity index (χ3n) is 0.791. The number of aromatic nitrogens is 2. The van der Waals surface area contributed by atoms with Crippen LogP contribution in [0.1, 0.15) is 33.4 Å². The van der Waals surface area contributed by atoms with E-state index < -0.39 is 0 Å². The summed E-state index contributed by atoms with van der Waals surface area (Å²) in [4.78, 5) is 0. The van der Waals surface area contributed by atoms with Crippen molar-refractivity contribution >= 4 is 12.2 Å². The maximum Gasteiger partial charge on any atom is 0.0653 e. The van der Waals surface area contributed by atoms with Crippen molar-refractivity contribution in [2.24, 2.45) is 0 Å². The third-order valence-corrected chi connectivity index (χ3v) is 1.01. The van der Waals surface area contributed by atoms with Crippen molar-refractivity contribution in [1.82, 2.24) is 10.2 Å². The van der Waals surface area contributed by atoms with E-state index in [0.29, 0.717) is 0 Å². The van der Waals surface area contributed by atoms with Gasteiger partial charge in [0.25, 0.3) is 0 Å². The molecule has 0 spiro atoms. The van der Waals surface area contributed by atoms with Crippen LogP contribution in [0.4, 0.5) is 0 Å². The molecule has 0 saturated heterocycles. The smallest absolute Gasteiger partial charge is 0.0653 e. The first kappa shape index (κ1) is 13.9. The number of aromatic amines is 1. The number of nitrogens with one attached hydrogen (secondary N) is 1. The molecule has 0 aromatic carbocycles. The third kappa shape index (κ3) is 7.41. The normalized spacial score (nSPS) is 7.08. The van der Waals surface area contributed by atoms with Crippen molar-refractivity contribution < 1.29 is 0 Å². The lowest BCUT2D eigenvalue weighted by molar-refractivity contribution is 0.976. The lowest BCUT2D eigenvalue weighted by Crippen LogP contribution is -1.81. The van der Waals surface area contributed by atoms with Crippen LogP contribution < -0.4 is 0 Å². The van der Waals surface area contributed by atoms with E-state index in [1.807, 2.05) is 40.7 Å². The van der Waals surface area contributed by atoms with Gasteiger partial charge in [-0.05, 0) is 13.0 Å². The number of hydrogen-bond acceptors (Lipinski definition) is 2. The van der Waals surface area contributed by atoms with Gasteiger partial charge in [-0.1, -0.05) is 39.9 Å². The van der Waals surface area contributed by atoms with Crippen LogP contribution >= 0.6 is 12.2 Å². The summed E-state index contributed by atoms with van der Waals surface area (Å²) in [6, 6.07) is 1.86. The Balaban J connectivity index is 0. The lowest BCUT2D eigenvalue weighted by Gasteiger charge is -1.85. The molecule has 1 aromatic rings. The van der Waals surface area contributed by atoms with Crippen LogP contribution in [0.15, 0.2) is 12.3 Å². The van der Waals surface area contributed by atoms with Gasteiger partial charge in [0.1, 0.15) is 0 Å². The van der Waals surface area contributed by atoms with Gasteiger partial charge in [0.15, 0.2) is 0 Å². The van der Waals surface area contributed by atoms with E-state index in [4.69, 9.17) is 12.2 Å². The molecule has 0 aliphatic heterocycles. The Morgan fingerprint density at radius 2 is 1.75 bits per heavy atom. The predicted molar refractivity (Wildman–Crippen MR) is 56.9 cm³/mol. The van der Waals surface area contributed by atoms with Gasteiger partial charge in [-0.3, -0.25) is 5.10 Å². The zero-order chi connectivity index (χ0) is 9.98. The van der Waals surface area contributed by atoms with Gasteiger partial charge in [-0.15, -0.1) is 0 Å². The Morgan fingerprint density at radius 3 is 2.00 bits per heavy atom. The molecule has 0 radical (unpaired) electrons. The van der Waals surface area contributed by atoms with Crippen LogP contribution in [0, 0.1) is 11.4 Å². The number of hydrogen-bond donors (Lipinski definition) is 1. The molecule has 0 aliphatic rings. The molecule has 0 aliphatic carbocycles. The Bertz CT molecular complexity index is 230. The van der Waals surface area contributed by atoms with Crippen LogP contribution in [-0.4, -0.2) is 10.2 Å². The minimum absolute atomic E-state index is 0.779. The van der Waals surface area contributed by atoms with Gasteiger partial charge in [0.05, 0.1) is 10.7 Å². The second-order valence-corrected chi connectivity index (χ2v) is 2.07. The van der Waals surface area contributed by atoms with Crippen molar-refractivity contribution in [3.8, 4) is 0 Å². The van der Waals surface area contributed by atoms with Crippen LogP contribution in [0.3, 0.4) is 0 Å². The Kier molecular flexibility index (Phi) is 11.9. The average molecular weight is 186 g/mol. The molecular formula is C9H18N2S. The van der Waals surface area contributed by atoms with Crippen LogP contribution in [0.25, 0.3) is 0 Å². The van der Waals surface area contributed by atoms with Crippen molar-refractivity contribution in [2.45, 2.75) is 34.6 Å². The van der Waals surface area contributed by atoms with Gasteiger partial charge < -0.3 is 0 Å². The van der Waals surface area contributed by atoms with Crippen LogP contribution in [0.5, 0.6) is 0 Å². The number of aryl methyl sites for hydroxylation is 1. The van der Waals surface area contributed by atoms with Gasteiger partial charge >= 0.3 is 0 Å². The average Bonchev–Trinajstić information content (AvgIpc) is 2.11. The van der Waals surface area contributed by atoms with Crippen molar-refractivity contribution in [3.05, 3.63) is 22.5 Å². The topological polar surface area (TPSA) is 28.7 Å². The van der Waals surface area contributed by atoms with E-state index in [2.05, 4.69) is 10.2 Å². The molecule has 0 unspecified atom stereocenters. The summed E-state index contributed by atoms with van der Waals surface area (Å²) < 4.78 is 0.779. The fourth-order valence-electron chi connectivity index (χ4n) is 0.481. The largest absolute Gasteiger partial charge is 0.283 e. The van der Waals surface area contributed by atoms with Gasteiger partial charge in [-0.25, -0.2) is 0 Å². The molecule has 12 heavy (non-hydrogen) atoms.